The first-order valence-electron chi connectivity index (χ1n) is 13.9. The molecule has 38 heavy (non-hydrogen) atoms. The van der Waals surface area contributed by atoms with Gasteiger partial charge >= 0.3 is 5.97 Å². The van der Waals surface area contributed by atoms with Gasteiger partial charge in [0.05, 0.1) is 24.6 Å². The van der Waals surface area contributed by atoms with Crippen LogP contribution in [0.15, 0.2) is 35.0 Å². The molecular weight excluding hydrogens is 484 g/mol. The molecule has 9 heteroatoms. The van der Waals surface area contributed by atoms with Crippen molar-refractivity contribution >= 4 is 16.9 Å². The number of carboxylic acid groups (broad SMARTS) is 1. The Balaban J connectivity index is 1.04. The number of benzene rings is 1. The van der Waals surface area contributed by atoms with Gasteiger partial charge in [0, 0.05) is 36.5 Å². The Morgan fingerprint density at radius 3 is 2.84 bits per heavy atom. The van der Waals surface area contributed by atoms with Crippen LogP contribution in [-0.4, -0.2) is 62.4 Å². The third kappa shape index (κ3) is 5.27. The number of rotatable bonds is 10. The highest BCUT2D eigenvalue weighted by molar-refractivity contribution is 5.83. The number of carbonyl (C=O) groups is 1. The molecule has 2 aliphatic carbocycles. The molecule has 3 fully saturated rings. The van der Waals surface area contributed by atoms with Gasteiger partial charge in [0.15, 0.2) is 5.82 Å². The van der Waals surface area contributed by atoms with Gasteiger partial charge in [-0.25, -0.2) is 0 Å². The standard InChI is InChI=1S/C29H36N4O5/c1-37-21-5-6-25-23(15-21)22(8-10-30-25)26(34)7-4-18-9-11-33(16-24(18)29(35)36)20-13-19(14-20)28-31-27(32-38-28)12-17-2-3-17/h5-6,8,10,15,17-20,24,26,34H,2-4,7,9,11-14,16H2,1H3,(H,35,36)/t18-,19?,20?,24+,26?/m1/s1. The molecule has 202 valence electrons. The van der Waals surface area contributed by atoms with Crippen molar-refractivity contribution in [3.63, 3.8) is 0 Å². The number of aliphatic carboxylic acids is 1. The Hall–Kier alpha value is -3.04. The zero-order chi connectivity index (χ0) is 26.2. The van der Waals surface area contributed by atoms with Gasteiger partial charge in [-0.3, -0.25) is 14.7 Å². The number of hydrogen-bond acceptors (Lipinski definition) is 8. The molecule has 1 saturated heterocycles. The van der Waals surface area contributed by atoms with Crippen LogP contribution in [0, 0.1) is 17.8 Å². The summed E-state index contributed by atoms with van der Waals surface area (Å²) in [5.74, 6) is 2.17. The van der Waals surface area contributed by atoms with Gasteiger partial charge in [-0.05, 0) is 93.2 Å². The molecule has 0 bridgehead atoms. The summed E-state index contributed by atoms with van der Waals surface area (Å²) >= 11 is 0. The first kappa shape index (κ1) is 25.2. The van der Waals surface area contributed by atoms with Crippen LogP contribution in [0.1, 0.15) is 74.2 Å². The number of nitrogens with zero attached hydrogens (tertiary/aromatic N) is 4. The topological polar surface area (TPSA) is 122 Å². The summed E-state index contributed by atoms with van der Waals surface area (Å²) < 4.78 is 10.9. The lowest BCUT2D eigenvalue weighted by atomic mass is 9.75. The molecule has 1 aromatic carbocycles. The van der Waals surface area contributed by atoms with Crippen molar-refractivity contribution in [2.24, 2.45) is 17.8 Å². The van der Waals surface area contributed by atoms with Gasteiger partial charge in [0.1, 0.15) is 5.75 Å². The summed E-state index contributed by atoms with van der Waals surface area (Å²) in [4.78, 5) is 23.6. The number of aliphatic hydroxyl groups excluding tert-OH is 1. The summed E-state index contributed by atoms with van der Waals surface area (Å²) in [7, 11) is 1.62. The van der Waals surface area contributed by atoms with E-state index in [0.717, 1.165) is 66.3 Å². The Morgan fingerprint density at radius 1 is 1.24 bits per heavy atom. The van der Waals surface area contributed by atoms with E-state index in [1.807, 2.05) is 24.3 Å². The average Bonchev–Trinajstić information content (AvgIpc) is 3.61. The number of ether oxygens (including phenoxy) is 1. The largest absolute Gasteiger partial charge is 0.497 e. The SMILES string of the molecule is COc1ccc2nccc(C(O)CC[C@@H]3CCN(C4CC(c5nc(CC6CC6)no5)C4)C[C@@H]3C(=O)O)c2c1. The van der Waals surface area contributed by atoms with E-state index in [1.54, 1.807) is 13.3 Å². The van der Waals surface area contributed by atoms with Crippen LogP contribution in [0.2, 0.25) is 0 Å². The fraction of sp³-hybridized carbons (Fsp3) is 0.586. The van der Waals surface area contributed by atoms with Crippen LogP contribution >= 0.6 is 0 Å². The second-order valence-electron chi connectivity index (χ2n) is 11.4. The van der Waals surface area contributed by atoms with E-state index in [0.29, 0.717) is 31.2 Å². The van der Waals surface area contributed by atoms with Crippen LogP contribution in [-0.2, 0) is 11.2 Å². The second-order valence-corrected chi connectivity index (χ2v) is 11.4. The van der Waals surface area contributed by atoms with Crippen molar-refractivity contribution in [2.45, 2.75) is 69.4 Å². The van der Waals surface area contributed by atoms with Crippen molar-refractivity contribution in [2.75, 3.05) is 20.2 Å². The summed E-state index contributed by atoms with van der Waals surface area (Å²) in [5, 5.41) is 26.1. The lowest BCUT2D eigenvalue weighted by Gasteiger charge is -2.46. The van der Waals surface area contributed by atoms with Gasteiger partial charge < -0.3 is 19.5 Å². The summed E-state index contributed by atoms with van der Waals surface area (Å²) in [6.45, 7) is 1.44. The molecular formula is C29H36N4O5. The third-order valence-electron chi connectivity index (χ3n) is 8.89. The van der Waals surface area contributed by atoms with Gasteiger partial charge in [0.2, 0.25) is 5.89 Å². The molecule has 2 aromatic heterocycles. The molecule has 0 radical (unpaired) electrons. The second kappa shape index (κ2) is 10.6. The van der Waals surface area contributed by atoms with Crippen molar-refractivity contribution in [1.82, 2.24) is 20.0 Å². The first-order valence-corrected chi connectivity index (χ1v) is 13.9. The molecule has 0 amide bonds. The lowest BCUT2D eigenvalue weighted by Crippen LogP contribution is -2.52. The number of piperidine rings is 1. The fourth-order valence-electron chi connectivity index (χ4n) is 6.26. The van der Waals surface area contributed by atoms with Crippen molar-refractivity contribution in [3.05, 3.63) is 47.7 Å². The maximum atomic E-state index is 12.2. The number of methoxy groups -OCH3 is 1. The summed E-state index contributed by atoms with van der Waals surface area (Å²) in [6.07, 6.45) is 8.37. The zero-order valence-corrected chi connectivity index (χ0v) is 21.8. The maximum Gasteiger partial charge on any atom is 0.308 e. The molecule has 6 rings (SSSR count). The minimum atomic E-state index is -0.745. The molecule has 2 N–H and O–H groups in total. The van der Waals surface area contributed by atoms with Crippen LogP contribution in [0.4, 0.5) is 0 Å². The van der Waals surface area contributed by atoms with Crippen LogP contribution in [0.5, 0.6) is 5.75 Å². The van der Waals surface area contributed by atoms with E-state index in [9.17, 15) is 15.0 Å². The Labute approximate surface area is 222 Å². The normalized spacial score (nSPS) is 26.7. The van der Waals surface area contributed by atoms with Gasteiger partial charge in [-0.15, -0.1) is 0 Å². The quantitative estimate of drug-likeness (QED) is 0.401. The molecule has 2 saturated carbocycles. The molecule has 3 aliphatic rings. The van der Waals surface area contributed by atoms with Crippen molar-refractivity contribution < 1.29 is 24.3 Å². The Kier molecular flexibility index (Phi) is 7.05. The maximum absolute atomic E-state index is 12.2. The number of carboxylic acids is 1. The minimum absolute atomic E-state index is 0.0397. The monoisotopic (exact) mass is 520 g/mol. The molecule has 3 aromatic rings. The first-order chi connectivity index (χ1) is 18.5. The number of aromatic nitrogens is 3. The Morgan fingerprint density at radius 2 is 2.08 bits per heavy atom. The van der Waals surface area contributed by atoms with Gasteiger partial charge in [-0.2, -0.15) is 4.98 Å². The predicted molar refractivity (Wildman–Crippen MR) is 140 cm³/mol. The highest BCUT2D eigenvalue weighted by Crippen LogP contribution is 2.42. The fourth-order valence-corrected chi connectivity index (χ4v) is 6.26. The molecule has 9 nitrogen and oxygen atoms in total. The third-order valence-corrected chi connectivity index (χ3v) is 8.89. The van der Waals surface area contributed by atoms with Crippen LogP contribution < -0.4 is 4.74 Å². The van der Waals surface area contributed by atoms with Crippen LogP contribution in [0.25, 0.3) is 10.9 Å². The van der Waals surface area contributed by atoms with E-state index in [2.05, 4.69) is 20.0 Å². The number of aliphatic hydroxyl groups is 1. The van der Waals surface area contributed by atoms with E-state index in [1.165, 1.54) is 12.8 Å². The molecule has 3 heterocycles. The number of pyridine rings is 1. The minimum Gasteiger partial charge on any atom is -0.497 e. The Bertz CT molecular complexity index is 1280. The zero-order valence-electron chi connectivity index (χ0n) is 21.8. The van der Waals surface area contributed by atoms with Crippen molar-refractivity contribution in [3.8, 4) is 5.75 Å². The average molecular weight is 521 g/mol. The predicted octanol–water partition coefficient (Wildman–Crippen LogP) is 4.36. The molecule has 0 spiro atoms. The summed E-state index contributed by atoms with van der Waals surface area (Å²) in [5.41, 5.74) is 1.61. The molecule has 1 aliphatic heterocycles. The highest BCUT2D eigenvalue weighted by atomic mass is 16.5. The van der Waals surface area contributed by atoms with Gasteiger partial charge in [0.25, 0.3) is 0 Å². The lowest BCUT2D eigenvalue weighted by molar-refractivity contribution is -0.147. The number of hydrogen-bond donors (Lipinski definition) is 2. The van der Waals surface area contributed by atoms with E-state index in [4.69, 9.17) is 9.26 Å². The van der Waals surface area contributed by atoms with Crippen molar-refractivity contribution in [1.29, 1.82) is 0 Å². The molecule has 3 atom stereocenters. The molecule has 1 unspecified atom stereocenters. The smallest absolute Gasteiger partial charge is 0.308 e. The van der Waals surface area contributed by atoms with E-state index >= 15 is 0 Å². The van der Waals surface area contributed by atoms with Gasteiger partial charge in [-0.1, -0.05) is 5.16 Å². The summed E-state index contributed by atoms with van der Waals surface area (Å²) in [6, 6.07) is 7.85. The van der Waals surface area contributed by atoms with E-state index < -0.39 is 18.0 Å². The highest BCUT2D eigenvalue weighted by Gasteiger charge is 2.43. The number of likely N-dealkylation sites (tertiary alicyclic amines) is 1. The van der Waals surface area contributed by atoms with E-state index in [-0.39, 0.29) is 11.8 Å². The number of fused-ring (bicyclic) bond motifs is 1. The van der Waals surface area contributed by atoms with Crippen LogP contribution in [0.3, 0.4) is 0 Å².